The molecule has 0 spiro atoms. The molecule has 1 heterocycles. The minimum absolute atomic E-state index is 0.0742. The Morgan fingerprint density at radius 2 is 1.84 bits per heavy atom. The van der Waals surface area contributed by atoms with Gasteiger partial charge in [-0.2, -0.15) is 0 Å². The summed E-state index contributed by atoms with van der Waals surface area (Å²) in [5.41, 5.74) is 7.77. The van der Waals surface area contributed by atoms with Crippen molar-refractivity contribution in [2.45, 2.75) is 31.9 Å². The van der Waals surface area contributed by atoms with E-state index in [1.807, 2.05) is 53.5 Å². The van der Waals surface area contributed by atoms with Crippen molar-refractivity contribution in [2.75, 3.05) is 5.73 Å². The van der Waals surface area contributed by atoms with E-state index in [0.717, 1.165) is 42.3 Å². The molecule has 0 fully saturated rings. The van der Waals surface area contributed by atoms with Gasteiger partial charge in [0.2, 0.25) is 0 Å². The van der Waals surface area contributed by atoms with Crippen molar-refractivity contribution < 1.29 is 4.74 Å². The van der Waals surface area contributed by atoms with Gasteiger partial charge in [-0.1, -0.05) is 23.7 Å². The summed E-state index contributed by atoms with van der Waals surface area (Å²) in [5.74, 6) is 0.839. The predicted molar refractivity (Wildman–Crippen MR) is 102 cm³/mol. The molecule has 0 bridgehead atoms. The van der Waals surface area contributed by atoms with E-state index < -0.39 is 0 Å². The van der Waals surface area contributed by atoms with Crippen LogP contribution in [0.3, 0.4) is 0 Å². The minimum atomic E-state index is 0.0742. The van der Waals surface area contributed by atoms with Gasteiger partial charge in [-0.25, -0.2) is 4.98 Å². The molecular formula is C20H22ClN3O. The number of anilines is 1. The zero-order valence-corrected chi connectivity index (χ0v) is 14.8. The number of nitrogens with two attached hydrogens (primary N) is 1. The fourth-order valence-corrected chi connectivity index (χ4v) is 2.87. The maximum atomic E-state index is 6.17. The first-order valence-corrected chi connectivity index (χ1v) is 8.79. The first kappa shape index (κ1) is 17.4. The first-order chi connectivity index (χ1) is 12.2. The molecule has 0 saturated heterocycles. The molecule has 0 amide bonds. The highest BCUT2D eigenvalue weighted by molar-refractivity contribution is 6.30. The van der Waals surface area contributed by atoms with Crippen LogP contribution in [-0.4, -0.2) is 15.7 Å². The Kier molecular flexibility index (Phi) is 5.96. The third-order valence-electron chi connectivity index (χ3n) is 4.06. The second-order valence-corrected chi connectivity index (χ2v) is 6.52. The number of hydrogen-bond acceptors (Lipinski definition) is 3. The van der Waals surface area contributed by atoms with E-state index in [1.165, 1.54) is 5.56 Å². The summed E-state index contributed by atoms with van der Waals surface area (Å²) in [7, 11) is 0. The van der Waals surface area contributed by atoms with Crippen molar-refractivity contribution >= 4 is 17.3 Å². The number of halogens is 1. The van der Waals surface area contributed by atoms with Crippen LogP contribution in [-0.2, 0) is 13.0 Å². The van der Waals surface area contributed by atoms with Gasteiger partial charge in [0.25, 0.3) is 0 Å². The van der Waals surface area contributed by atoms with Crippen LogP contribution in [0.2, 0.25) is 5.02 Å². The van der Waals surface area contributed by atoms with Crippen molar-refractivity contribution in [3.8, 4) is 5.75 Å². The van der Waals surface area contributed by atoms with Gasteiger partial charge in [-0.05, 0) is 61.2 Å². The zero-order chi connectivity index (χ0) is 17.5. The number of nitrogen functional groups attached to an aromatic ring is 1. The standard InChI is InChI=1S/C20H22ClN3O/c21-17-6-4-16(5-7-17)2-1-3-20(14-24-13-12-23-15-24)25-19-10-8-18(22)9-11-19/h4-13,15,20H,1-3,14,22H2. The van der Waals surface area contributed by atoms with E-state index in [9.17, 15) is 0 Å². The molecule has 1 atom stereocenters. The van der Waals surface area contributed by atoms with E-state index >= 15 is 0 Å². The van der Waals surface area contributed by atoms with Crippen molar-refractivity contribution in [1.82, 2.24) is 9.55 Å². The molecule has 0 aliphatic carbocycles. The molecule has 0 aliphatic rings. The molecule has 1 unspecified atom stereocenters. The van der Waals surface area contributed by atoms with Crippen LogP contribution in [0.1, 0.15) is 18.4 Å². The van der Waals surface area contributed by atoms with Gasteiger partial charge >= 0.3 is 0 Å². The Morgan fingerprint density at radius 1 is 1.08 bits per heavy atom. The Morgan fingerprint density at radius 3 is 2.52 bits per heavy atom. The number of nitrogens with zero attached hydrogens (tertiary/aromatic N) is 2. The van der Waals surface area contributed by atoms with Gasteiger partial charge < -0.3 is 15.0 Å². The van der Waals surface area contributed by atoms with Crippen molar-refractivity contribution in [3.63, 3.8) is 0 Å². The van der Waals surface area contributed by atoms with Gasteiger partial charge in [-0.15, -0.1) is 0 Å². The molecule has 2 aromatic carbocycles. The van der Waals surface area contributed by atoms with E-state index in [0.29, 0.717) is 0 Å². The SMILES string of the molecule is Nc1ccc(OC(CCCc2ccc(Cl)cc2)Cn2ccnc2)cc1. The molecule has 4 nitrogen and oxygen atoms in total. The molecule has 5 heteroatoms. The summed E-state index contributed by atoms with van der Waals surface area (Å²) in [5, 5.41) is 0.772. The van der Waals surface area contributed by atoms with Crippen LogP contribution in [0.5, 0.6) is 5.75 Å². The normalized spacial score (nSPS) is 12.0. The summed E-state index contributed by atoms with van der Waals surface area (Å²) < 4.78 is 8.22. The smallest absolute Gasteiger partial charge is 0.119 e. The zero-order valence-electron chi connectivity index (χ0n) is 14.0. The molecule has 25 heavy (non-hydrogen) atoms. The minimum Gasteiger partial charge on any atom is -0.489 e. The molecule has 0 saturated carbocycles. The molecule has 0 radical (unpaired) electrons. The maximum Gasteiger partial charge on any atom is 0.119 e. The molecule has 1 aromatic heterocycles. The third kappa shape index (κ3) is 5.54. The molecule has 3 aromatic rings. The molecule has 130 valence electrons. The first-order valence-electron chi connectivity index (χ1n) is 8.41. The van der Waals surface area contributed by atoms with Crippen molar-refractivity contribution in [1.29, 1.82) is 0 Å². The number of aromatic nitrogens is 2. The van der Waals surface area contributed by atoms with Crippen LogP contribution in [0.25, 0.3) is 0 Å². The highest BCUT2D eigenvalue weighted by atomic mass is 35.5. The Balaban J connectivity index is 1.59. The Labute approximate surface area is 153 Å². The van der Waals surface area contributed by atoms with Gasteiger partial charge in [-0.3, -0.25) is 0 Å². The third-order valence-corrected chi connectivity index (χ3v) is 4.31. The number of aryl methyl sites for hydroxylation is 1. The average molecular weight is 356 g/mol. The van der Waals surface area contributed by atoms with Crippen LogP contribution in [0, 0.1) is 0 Å². The fraction of sp³-hybridized carbons (Fsp3) is 0.250. The van der Waals surface area contributed by atoms with Gasteiger partial charge in [0.15, 0.2) is 0 Å². The van der Waals surface area contributed by atoms with Crippen LogP contribution >= 0.6 is 11.6 Å². The molecule has 0 aliphatic heterocycles. The highest BCUT2D eigenvalue weighted by Gasteiger charge is 2.12. The summed E-state index contributed by atoms with van der Waals surface area (Å²) in [4.78, 5) is 4.11. The maximum absolute atomic E-state index is 6.17. The van der Waals surface area contributed by atoms with Crippen molar-refractivity contribution in [2.24, 2.45) is 0 Å². The highest BCUT2D eigenvalue weighted by Crippen LogP contribution is 2.19. The molecule has 3 rings (SSSR count). The fourth-order valence-electron chi connectivity index (χ4n) is 2.74. The summed E-state index contributed by atoms with van der Waals surface area (Å²) in [6, 6.07) is 15.6. The van der Waals surface area contributed by atoms with Crippen molar-refractivity contribution in [3.05, 3.63) is 77.8 Å². The second kappa shape index (κ2) is 8.58. The van der Waals surface area contributed by atoms with Gasteiger partial charge in [0.05, 0.1) is 12.9 Å². The van der Waals surface area contributed by atoms with Gasteiger partial charge in [0.1, 0.15) is 11.9 Å². The van der Waals surface area contributed by atoms with Crippen LogP contribution in [0.4, 0.5) is 5.69 Å². The lowest BCUT2D eigenvalue weighted by Gasteiger charge is -2.20. The molecule has 2 N–H and O–H groups in total. The number of ether oxygens (including phenoxy) is 1. The van der Waals surface area contributed by atoms with Gasteiger partial charge in [0, 0.05) is 23.1 Å². The largest absolute Gasteiger partial charge is 0.489 e. The lowest BCUT2D eigenvalue weighted by atomic mass is 10.1. The Bertz CT molecular complexity index is 755. The lowest BCUT2D eigenvalue weighted by Crippen LogP contribution is -2.23. The van der Waals surface area contributed by atoms with E-state index in [2.05, 4.69) is 17.1 Å². The predicted octanol–water partition coefficient (Wildman–Crippen LogP) is 4.59. The topological polar surface area (TPSA) is 53.1 Å². The quantitative estimate of drug-likeness (QED) is 0.601. The number of imidazole rings is 1. The van der Waals surface area contributed by atoms with Crippen LogP contribution in [0.15, 0.2) is 67.3 Å². The summed E-state index contributed by atoms with van der Waals surface area (Å²) in [6.45, 7) is 0.769. The molecular weight excluding hydrogens is 334 g/mol. The summed E-state index contributed by atoms with van der Waals surface area (Å²) in [6.07, 6.45) is 8.62. The Hall–Kier alpha value is -2.46. The summed E-state index contributed by atoms with van der Waals surface area (Å²) >= 11 is 5.94. The number of rotatable bonds is 8. The van der Waals surface area contributed by atoms with E-state index in [1.54, 1.807) is 6.20 Å². The number of benzene rings is 2. The number of hydrogen-bond donors (Lipinski definition) is 1. The lowest BCUT2D eigenvalue weighted by molar-refractivity contribution is 0.167. The van der Waals surface area contributed by atoms with E-state index in [4.69, 9.17) is 22.1 Å². The second-order valence-electron chi connectivity index (χ2n) is 6.09. The monoisotopic (exact) mass is 355 g/mol. The van der Waals surface area contributed by atoms with E-state index in [-0.39, 0.29) is 6.10 Å². The van der Waals surface area contributed by atoms with Crippen LogP contribution < -0.4 is 10.5 Å². The average Bonchev–Trinajstić information content (AvgIpc) is 3.12.